The van der Waals surface area contributed by atoms with Gasteiger partial charge in [-0.2, -0.15) is 0 Å². The number of anilines is 1. The van der Waals surface area contributed by atoms with Crippen molar-refractivity contribution in [2.24, 2.45) is 4.99 Å². The number of nitrogens with one attached hydrogen (secondary N) is 1. The fraction of sp³-hybridized carbons (Fsp3) is 0.267. The van der Waals surface area contributed by atoms with Gasteiger partial charge in [0, 0.05) is 16.1 Å². The van der Waals surface area contributed by atoms with Crippen LogP contribution in [0.15, 0.2) is 57.9 Å². The number of hydrogen-bond acceptors (Lipinski definition) is 4. The molecular weight excluding hydrogens is 523 g/mol. The van der Waals surface area contributed by atoms with Crippen LogP contribution < -0.4 is 5.32 Å². The molecule has 4 aromatic rings. The Labute approximate surface area is 231 Å². The summed E-state index contributed by atoms with van der Waals surface area (Å²) >= 11 is 14.2. The van der Waals surface area contributed by atoms with Crippen molar-refractivity contribution in [3.05, 3.63) is 91.5 Å². The Kier molecular flexibility index (Phi) is 7.84. The highest BCUT2D eigenvalue weighted by molar-refractivity contribution is 7.16. The molecule has 2 heterocycles. The van der Waals surface area contributed by atoms with E-state index in [1.807, 2.05) is 50.2 Å². The lowest BCUT2D eigenvalue weighted by molar-refractivity contribution is 0.102. The molecule has 1 N–H and O–H groups in total. The smallest absolute Gasteiger partial charge is 0.259 e. The molecule has 1 aliphatic carbocycles. The SMILES string of the molecule is Cc1ccc(C)c(NC(=O)c2c(N=Cc3ccc(-c4cccc(Cl)c4Cl)o3)sc3c2CCCCCC3)c1. The van der Waals surface area contributed by atoms with Crippen molar-refractivity contribution in [1.29, 1.82) is 0 Å². The Morgan fingerprint density at radius 2 is 1.84 bits per heavy atom. The highest BCUT2D eigenvalue weighted by atomic mass is 35.5. The summed E-state index contributed by atoms with van der Waals surface area (Å²) < 4.78 is 6.01. The lowest BCUT2D eigenvalue weighted by atomic mass is 9.96. The molecule has 0 saturated carbocycles. The molecule has 7 heteroatoms. The van der Waals surface area contributed by atoms with Crippen LogP contribution in [-0.2, 0) is 12.8 Å². The minimum Gasteiger partial charge on any atom is -0.455 e. The highest BCUT2D eigenvalue weighted by Gasteiger charge is 2.24. The minimum absolute atomic E-state index is 0.107. The van der Waals surface area contributed by atoms with Crippen LogP contribution in [0.25, 0.3) is 11.3 Å². The number of carbonyl (C=O) groups is 1. The molecule has 2 aromatic heterocycles. The van der Waals surface area contributed by atoms with Gasteiger partial charge in [-0.15, -0.1) is 11.3 Å². The second-order valence-electron chi connectivity index (χ2n) is 9.43. The molecule has 1 aliphatic rings. The summed E-state index contributed by atoms with van der Waals surface area (Å²) in [6.07, 6.45) is 8.19. The molecule has 0 spiro atoms. The number of halogens is 2. The number of aliphatic imine (C=N–C) groups is 1. The number of hydrogen-bond donors (Lipinski definition) is 1. The molecule has 0 unspecified atom stereocenters. The maximum absolute atomic E-state index is 13.7. The van der Waals surface area contributed by atoms with Gasteiger partial charge in [0.2, 0.25) is 0 Å². The molecule has 0 fully saturated rings. The van der Waals surface area contributed by atoms with Crippen molar-refractivity contribution in [3.63, 3.8) is 0 Å². The molecule has 0 bridgehead atoms. The molecule has 2 aromatic carbocycles. The van der Waals surface area contributed by atoms with Gasteiger partial charge in [-0.1, -0.05) is 54.2 Å². The monoisotopic (exact) mass is 550 g/mol. The summed E-state index contributed by atoms with van der Waals surface area (Å²) in [5, 5.41) is 4.80. The maximum Gasteiger partial charge on any atom is 0.259 e. The topological polar surface area (TPSA) is 54.6 Å². The average molecular weight is 552 g/mol. The molecule has 37 heavy (non-hydrogen) atoms. The van der Waals surface area contributed by atoms with Gasteiger partial charge in [0.15, 0.2) is 0 Å². The zero-order valence-corrected chi connectivity index (χ0v) is 23.2. The van der Waals surface area contributed by atoms with Gasteiger partial charge in [-0.25, -0.2) is 4.99 Å². The second kappa shape index (κ2) is 11.3. The Balaban J connectivity index is 1.49. The van der Waals surface area contributed by atoms with E-state index in [1.165, 1.54) is 17.7 Å². The fourth-order valence-corrected chi connectivity index (χ4v) is 6.29. The predicted octanol–water partition coefficient (Wildman–Crippen LogP) is 9.59. The number of nitrogens with zero attached hydrogens (tertiary/aromatic N) is 1. The van der Waals surface area contributed by atoms with E-state index < -0.39 is 0 Å². The molecular formula is C30H28Cl2N2O2S. The van der Waals surface area contributed by atoms with E-state index in [0.717, 1.165) is 53.6 Å². The van der Waals surface area contributed by atoms with Crippen LogP contribution in [0.2, 0.25) is 10.0 Å². The number of thiophene rings is 1. The van der Waals surface area contributed by atoms with Gasteiger partial charge in [0.1, 0.15) is 16.5 Å². The molecule has 4 nitrogen and oxygen atoms in total. The van der Waals surface area contributed by atoms with Gasteiger partial charge in [-0.05, 0) is 86.6 Å². The van der Waals surface area contributed by atoms with Gasteiger partial charge < -0.3 is 9.73 Å². The first-order valence-electron chi connectivity index (χ1n) is 12.5. The van der Waals surface area contributed by atoms with Crippen LogP contribution in [0, 0.1) is 13.8 Å². The van der Waals surface area contributed by atoms with Crippen molar-refractivity contribution in [2.75, 3.05) is 5.32 Å². The van der Waals surface area contributed by atoms with Crippen LogP contribution in [0.1, 0.15) is 63.4 Å². The summed E-state index contributed by atoms with van der Waals surface area (Å²) in [5.74, 6) is 1.08. The Morgan fingerprint density at radius 3 is 2.68 bits per heavy atom. The maximum atomic E-state index is 13.7. The number of furan rings is 1. The van der Waals surface area contributed by atoms with E-state index in [0.29, 0.717) is 32.1 Å². The third kappa shape index (κ3) is 5.69. The summed E-state index contributed by atoms with van der Waals surface area (Å²) in [4.78, 5) is 19.7. The minimum atomic E-state index is -0.107. The van der Waals surface area contributed by atoms with Crippen molar-refractivity contribution < 1.29 is 9.21 Å². The Hall–Kier alpha value is -2.86. The van der Waals surface area contributed by atoms with E-state index in [9.17, 15) is 4.79 Å². The van der Waals surface area contributed by atoms with Crippen molar-refractivity contribution in [2.45, 2.75) is 52.4 Å². The first kappa shape index (κ1) is 25.8. The van der Waals surface area contributed by atoms with Crippen molar-refractivity contribution in [3.8, 4) is 11.3 Å². The normalized spacial score (nSPS) is 13.8. The van der Waals surface area contributed by atoms with Crippen LogP contribution in [0.5, 0.6) is 0 Å². The number of benzene rings is 2. The van der Waals surface area contributed by atoms with E-state index in [4.69, 9.17) is 32.6 Å². The van der Waals surface area contributed by atoms with E-state index in [-0.39, 0.29) is 5.91 Å². The van der Waals surface area contributed by atoms with Crippen LogP contribution >= 0.6 is 34.5 Å². The zero-order chi connectivity index (χ0) is 25.9. The number of rotatable bonds is 5. The van der Waals surface area contributed by atoms with Gasteiger partial charge in [0.05, 0.1) is 21.8 Å². The molecule has 0 atom stereocenters. The zero-order valence-electron chi connectivity index (χ0n) is 20.9. The lowest BCUT2D eigenvalue weighted by Gasteiger charge is -2.13. The average Bonchev–Trinajstić information content (AvgIpc) is 3.46. The largest absolute Gasteiger partial charge is 0.455 e. The quantitative estimate of drug-likeness (QED) is 0.251. The first-order chi connectivity index (χ1) is 17.9. The molecule has 0 aliphatic heterocycles. The van der Waals surface area contributed by atoms with E-state index in [2.05, 4.69) is 11.4 Å². The molecule has 0 saturated heterocycles. The molecule has 1 amide bonds. The number of aryl methyl sites for hydroxylation is 3. The van der Waals surface area contributed by atoms with Crippen molar-refractivity contribution >= 4 is 57.3 Å². The third-order valence-electron chi connectivity index (χ3n) is 6.67. The first-order valence-corrected chi connectivity index (χ1v) is 14.1. The second-order valence-corrected chi connectivity index (χ2v) is 11.3. The van der Waals surface area contributed by atoms with Crippen LogP contribution in [0.4, 0.5) is 10.7 Å². The van der Waals surface area contributed by atoms with Gasteiger partial charge >= 0.3 is 0 Å². The van der Waals surface area contributed by atoms with Gasteiger partial charge in [-0.3, -0.25) is 4.79 Å². The molecule has 190 valence electrons. The third-order valence-corrected chi connectivity index (χ3v) is 8.69. The van der Waals surface area contributed by atoms with Gasteiger partial charge in [0.25, 0.3) is 5.91 Å². The van der Waals surface area contributed by atoms with Crippen LogP contribution in [0.3, 0.4) is 0 Å². The Morgan fingerprint density at radius 1 is 1.03 bits per heavy atom. The fourth-order valence-electron chi connectivity index (χ4n) is 4.67. The number of fused-ring (bicyclic) bond motifs is 1. The Bertz CT molecular complexity index is 1480. The molecule has 5 rings (SSSR count). The standard InChI is InChI=1S/C30H28Cl2N2O2S/c1-18-12-13-19(2)24(16-18)34-29(35)27-22-8-5-3-4-6-11-26(22)37-30(27)33-17-20-14-15-25(36-20)21-9-7-10-23(31)28(21)32/h7,9-10,12-17H,3-6,8,11H2,1-2H3,(H,34,35). The summed E-state index contributed by atoms with van der Waals surface area (Å²) in [5.41, 5.74) is 5.52. The summed E-state index contributed by atoms with van der Waals surface area (Å²) in [7, 11) is 0. The lowest BCUT2D eigenvalue weighted by Crippen LogP contribution is -2.15. The summed E-state index contributed by atoms with van der Waals surface area (Å²) in [6.45, 7) is 4.03. The van der Waals surface area contributed by atoms with E-state index >= 15 is 0 Å². The predicted molar refractivity (Wildman–Crippen MR) is 155 cm³/mol. The summed E-state index contributed by atoms with van der Waals surface area (Å²) in [6, 6.07) is 15.2. The van der Waals surface area contributed by atoms with Crippen LogP contribution in [-0.4, -0.2) is 12.1 Å². The number of carbonyl (C=O) groups excluding carboxylic acids is 1. The number of amides is 1. The van der Waals surface area contributed by atoms with E-state index in [1.54, 1.807) is 23.6 Å². The van der Waals surface area contributed by atoms with Crippen molar-refractivity contribution in [1.82, 2.24) is 0 Å². The highest BCUT2D eigenvalue weighted by Crippen LogP contribution is 2.40. The molecule has 0 radical (unpaired) electrons.